The molecule has 0 aliphatic carbocycles. The average molecular weight is 487 g/mol. The molecule has 0 bridgehead atoms. The summed E-state index contributed by atoms with van der Waals surface area (Å²) in [5, 5.41) is 2.63. The highest BCUT2D eigenvalue weighted by molar-refractivity contribution is 14.1. The smallest absolute Gasteiger partial charge is 0.307 e. The van der Waals surface area contributed by atoms with E-state index in [2.05, 4.69) is 27.9 Å². The maximum absolute atomic E-state index is 12.2. The summed E-state index contributed by atoms with van der Waals surface area (Å²) < 4.78 is 30.1. The normalized spacial score (nSPS) is 11.0. The number of nitrogens with one attached hydrogen (secondary N) is 1. The molecule has 0 spiro atoms. The highest BCUT2D eigenvalue weighted by Gasteiger charge is 2.17. The van der Waals surface area contributed by atoms with Gasteiger partial charge in [0.1, 0.15) is 0 Å². The Bertz CT molecular complexity index is 894. The Hall–Kier alpha value is -1.94. The first kappa shape index (κ1) is 20.4. The molecule has 0 aromatic heterocycles. The van der Waals surface area contributed by atoms with E-state index in [9.17, 15) is 18.0 Å². The molecule has 0 unspecified atom stereocenters. The molecule has 6 nitrogen and oxygen atoms in total. The summed E-state index contributed by atoms with van der Waals surface area (Å²) in [6.07, 6.45) is -0.313. The summed E-state index contributed by atoms with van der Waals surface area (Å²) >= 11 is 2.08. The van der Waals surface area contributed by atoms with Crippen LogP contribution in [0.25, 0.3) is 0 Å². The zero-order valence-electron chi connectivity index (χ0n) is 14.1. The molecule has 1 amide bonds. The van der Waals surface area contributed by atoms with E-state index in [1.807, 2.05) is 19.1 Å². The maximum Gasteiger partial charge on any atom is 0.307 e. The molecule has 0 saturated carbocycles. The molecule has 8 heteroatoms. The molecule has 2 aromatic carbocycles. The van der Waals surface area contributed by atoms with Gasteiger partial charge in [-0.15, -0.1) is 0 Å². The van der Waals surface area contributed by atoms with Crippen LogP contribution in [-0.2, 0) is 24.2 Å². The summed E-state index contributed by atoms with van der Waals surface area (Å²) in [5.74, 6) is -1.59. The van der Waals surface area contributed by atoms with Crippen molar-refractivity contribution in [1.29, 1.82) is 0 Å². The van der Waals surface area contributed by atoms with E-state index in [1.165, 1.54) is 12.1 Å². The fourth-order valence-electron chi connectivity index (χ4n) is 2.05. The SMILES string of the molecule is Cc1ccc(S(=O)(=O)CCC(=O)OCC(=O)Nc2ccccc2I)cc1. The number of benzene rings is 2. The van der Waals surface area contributed by atoms with Crippen molar-refractivity contribution in [3.8, 4) is 0 Å². The first-order chi connectivity index (χ1) is 12.3. The van der Waals surface area contributed by atoms with Gasteiger partial charge in [-0.1, -0.05) is 29.8 Å². The van der Waals surface area contributed by atoms with E-state index >= 15 is 0 Å². The second-order valence-electron chi connectivity index (χ2n) is 5.57. The topological polar surface area (TPSA) is 89.5 Å². The van der Waals surface area contributed by atoms with E-state index < -0.39 is 28.3 Å². The van der Waals surface area contributed by atoms with Gasteiger partial charge in [-0.25, -0.2) is 8.42 Å². The van der Waals surface area contributed by atoms with Gasteiger partial charge >= 0.3 is 5.97 Å². The van der Waals surface area contributed by atoms with Crippen molar-refractivity contribution >= 4 is 50.0 Å². The first-order valence-corrected chi connectivity index (χ1v) is 10.5. The number of hydrogen-bond donors (Lipinski definition) is 1. The minimum Gasteiger partial charge on any atom is -0.456 e. The minimum atomic E-state index is -3.57. The molecular formula is C18H18INO5S. The van der Waals surface area contributed by atoms with Crippen LogP contribution in [0.1, 0.15) is 12.0 Å². The van der Waals surface area contributed by atoms with Crippen LogP contribution in [-0.4, -0.2) is 32.7 Å². The van der Waals surface area contributed by atoms with E-state index in [4.69, 9.17) is 4.74 Å². The molecule has 1 N–H and O–H groups in total. The lowest BCUT2D eigenvalue weighted by Crippen LogP contribution is -2.22. The number of para-hydroxylation sites is 1. The Kier molecular flexibility index (Phi) is 7.15. The number of carbonyl (C=O) groups excluding carboxylic acids is 2. The van der Waals surface area contributed by atoms with Gasteiger partial charge in [0.2, 0.25) is 0 Å². The number of carbonyl (C=O) groups is 2. The summed E-state index contributed by atoms with van der Waals surface area (Å²) in [6.45, 7) is 1.39. The average Bonchev–Trinajstić information content (AvgIpc) is 2.60. The molecule has 2 aromatic rings. The van der Waals surface area contributed by atoms with Gasteiger partial charge in [0.05, 0.1) is 22.8 Å². The van der Waals surface area contributed by atoms with Crippen molar-refractivity contribution in [3.05, 3.63) is 57.7 Å². The molecule has 2 rings (SSSR count). The Morgan fingerprint density at radius 1 is 1.08 bits per heavy atom. The second-order valence-corrected chi connectivity index (χ2v) is 8.84. The van der Waals surface area contributed by atoms with E-state index in [-0.39, 0.29) is 17.1 Å². The number of anilines is 1. The lowest BCUT2D eigenvalue weighted by atomic mass is 10.2. The van der Waals surface area contributed by atoms with E-state index in [0.29, 0.717) is 5.69 Å². The summed E-state index contributed by atoms with van der Waals surface area (Å²) in [4.78, 5) is 23.7. The lowest BCUT2D eigenvalue weighted by Gasteiger charge is -2.08. The summed E-state index contributed by atoms with van der Waals surface area (Å²) in [7, 11) is -3.57. The van der Waals surface area contributed by atoms with Gasteiger partial charge in [0, 0.05) is 3.57 Å². The number of amides is 1. The molecule has 0 aliphatic rings. The van der Waals surface area contributed by atoms with Crippen LogP contribution >= 0.6 is 22.6 Å². The Labute approximate surface area is 166 Å². The standard InChI is InChI=1S/C18H18INO5S/c1-13-6-8-14(9-7-13)26(23,24)11-10-18(22)25-12-17(21)20-16-5-3-2-4-15(16)19/h2-9H,10-12H2,1H3,(H,20,21). The number of halogens is 1. The van der Waals surface area contributed by atoms with Gasteiger partial charge in [0.25, 0.3) is 5.91 Å². The molecule has 0 heterocycles. The number of hydrogen-bond acceptors (Lipinski definition) is 5. The predicted molar refractivity (Wildman–Crippen MR) is 107 cm³/mol. The number of ether oxygens (including phenoxy) is 1. The maximum atomic E-state index is 12.2. The first-order valence-electron chi connectivity index (χ1n) is 7.77. The molecule has 26 heavy (non-hydrogen) atoms. The van der Waals surface area contributed by atoms with Crippen LogP contribution in [0.15, 0.2) is 53.4 Å². The third-order valence-corrected chi connectivity index (χ3v) is 6.14. The quantitative estimate of drug-likeness (QED) is 0.479. The molecule has 138 valence electrons. The molecule has 0 fully saturated rings. The summed E-state index contributed by atoms with van der Waals surface area (Å²) in [5.41, 5.74) is 1.57. The van der Waals surface area contributed by atoms with E-state index in [1.54, 1.807) is 24.3 Å². The number of aryl methyl sites for hydroxylation is 1. The number of rotatable bonds is 7. The van der Waals surface area contributed by atoms with E-state index in [0.717, 1.165) is 9.13 Å². The van der Waals surface area contributed by atoms with Crippen molar-refractivity contribution in [2.24, 2.45) is 0 Å². The van der Waals surface area contributed by atoms with Gasteiger partial charge < -0.3 is 10.1 Å². The van der Waals surface area contributed by atoms with Crippen LogP contribution in [0, 0.1) is 10.5 Å². The Balaban J connectivity index is 1.80. The monoisotopic (exact) mass is 487 g/mol. The van der Waals surface area contributed by atoms with Gasteiger partial charge in [-0.2, -0.15) is 0 Å². The predicted octanol–water partition coefficient (Wildman–Crippen LogP) is 2.95. The fourth-order valence-corrected chi connectivity index (χ4v) is 3.79. The number of esters is 1. The van der Waals surface area contributed by atoms with Gasteiger partial charge in [0.15, 0.2) is 16.4 Å². The van der Waals surface area contributed by atoms with Crippen LogP contribution < -0.4 is 5.32 Å². The van der Waals surface area contributed by atoms with Gasteiger partial charge in [-0.05, 0) is 53.8 Å². The van der Waals surface area contributed by atoms with Crippen LogP contribution in [0.2, 0.25) is 0 Å². The van der Waals surface area contributed by atoms with Crippen molar-refractivity contribution in [3.63, 3.8) is 0 Å². The van der Waals surface area contributed by atoms with Crippen molar-refractivity contribution in [1.82, 2.24) is 0 Å². The van der Waals surface area contributed by atoms with Crippen LogP contribution in [0.3, 0.4) is 0 Å². The lowest BCUT2D eigenvalue weighted by molar-refractivity contribution is -0.146. The third-order valence-electron chi connectivity index (χ3n) is 3.47. The van der Waals surface area contributed by atoms with Gasteiger partial charge in [-0.3, -0.25) is 9.59 Å². The second kappa shape index (κ2) is 9.13. The van der Waals surface area contributed by atoms with Crippen LogP contribution in [0.5, 0.6) is 0 Å². The van der Waals surface area contributed by atoms with Crippen molar-refractivity contribution in [2.45, 2.75) is 18.2 Å². The molecule has 0 radical (unpaired) electrons. The largest absolute Gasteiger partial charge is 0.456 e. The zero-order chi connectivity index (χ0) is 19.2. The summed E-state index contributed by atoms with van der Waals surface area (Å²) in [6, 6.07) is 13.6. The minimum absolute atomic E-state index is 0.160. The molecule has 0 saturated heterocycles. The highest BCUT2D eigenvalue weighted by atomic mass is 127. The molecule has 0 atom stereocenters. The highest BCUT2D eigenvalue weighted by Crippen LogP contribution is 2.17. The Morgan fingerprint density at radius 3 is 2.38 bits per heavy atom. The van der Waals surface area contributed by atoms with Crippen molar-refractivity contribution in [2.75, 3.05) is 17.7 Å². The molecule has 0 aliphatic heterocycles. The third kappa shape index (κ3) is 6.10. The number of sulfone groups is 1. The van der Waals surface area contributed by atoms with Crippen LogP contribution in [0.4, 0.5) is 5.69 Å². The zero-order valence-corrected chi connectivity index (χ0v) is 17.0. The Morgan fingerprint density at radius 2 is 1.73 bits per heavy atom. The van der Waals surface area contributed by atoms with Crippen molar-refractivity contribution < 1.29 is 22.7 Å². The fraction of sp³-hybridized carbons (Fsp3) is 0.222. The molecular weight excluding hydrogens is 469 g/mol.